The molecule has 116 valence electrons. The number of nitrogens with zero attached hydrogens (tertiary/aromatic N) is 1. The normalized spacial score (nSPS) is 16.6. The van der Waals surface area contributed by atoms with Crippen molar-refractivity contribution in [3.8, 4) is 0 Å². The number of amides is 1. The Morgan fingerprint density at radius 1 is 1.14 bits per heavy atom. The van der Waals surface area contributed by atoms with Crippen molar-refractivity contribution in [2.75, 3.05) is 13.1 Å². The van der Waals surface area contributed by atoms with E-state index < -0.39 is 10.0 Å². The van der Waals surface area contributed by atoms with Gasteiger partial charge in [0.2, 0.25) is 15.9 Å². The van der Waals surface area contributed by atoms with E-state index in [1.54, 1.807) is 35.5 Å². The molecule has 1 heterocycles. The van der Waals surface area contributed by atoms with Gasteiger partial charge in [-0.3, -0.25) is 4.79 Å². The van der Waals surface area contributed by atoms with Crippen molar-refractivity contribution in [3.63, 3.8) is 0 Å². The summed E-state index contributed by atoms with van der Waals surface area (Å²) in [5.74, 6) is -0.0139. The fourth-order valence-electron chi connectivity index (χ4n) is 2.36. The van der Waals surface area contributed by atoms with Crippen LogP contribution in [0.4, 0.5) is 0 Å². The second-order valence-corrected chi connectivity index (χ2v) is 7.18. The minimum Gasteiger partial charge on any atom is -0.352 e. The Morgan fingerprint density at radius 2 is 1.76 bits per heavy atom. The van der Waals surface area contributed by atoms with Crippen LogP contribution >= 0.6 is 0 Å². The van der Waals surface area contributed by atoms with Gasteiger partial charge in [0.25, 0.3) is 0 Å². The molecule has 0 bridgehead atoms. The van der Waals surface area contributed by atoms with Crippen LogP contribution in [0, 0.1) is 0 Å². The predicted octanol–water partition coefficient (Wildman–Crippen LogP) is 1.89. The van der Waals surface area contributed by atoms with Crippen LogP contribution < -0.4 is 5.32 Å². The topological polar surface area (TPSA) is 66.5 Å². The summed E-state index contributed by atoms with van der Waals surface area (Å²) in [7, 11) is -3.37. The number of rotatable bonds is 5. The van der Waals surface area contributed by atoms with Crippen molar-refractivity contribution in [1.82, 2.24) is 9.62 Å². The average molecular weight is 310 g/mol. The molecule has 0 unspecified atom stereocenters. The van der Waals surface area contributed by atoms with Crippen LogP contribution in [0.2, 0.25) is 0 Å². The lowest BCUT2D eigenvalue weighted by Gasteiger charge is -2.25. The molecule has 1 fully saturated rings. The first-order valence-corrected chi connectivity index (χ1v) is 8.84. The van der Waals surface area contributed by atoms with Crippen LogP contribution in [-0.2, 0) is 21.4 Å². The number of hydrogen-bond acceptors (Lipinski definition) is 3. The second kappa shape index (κ2) is 7.04. The largest absolute Gasteiger partial charge is 0.352 e. The number of nitrogens with one attached hydrogen (secondary N) is 1. The molecule has 1 N–H and O–H groups in total. The molecule has 2 rings (SSSR count). The van der Waals surface area contributed by atoms with Crippen LogP contribution in [0.5, 0.6) is 0 Å². The standard InChI is InChI=1S/C15H22N2O3S/c1-2-15(18)16-12-13-6-8-14(9-7-13)21(19,20)17-10-4-3-5-11-17/h6-9H,2-5,10-12H2,1H3,(H,16,18). The molecule has 1 saturated heterocycles. The van der Waals surface area contributed by atoms with E-state index in [0.717, 1.165) is 24.8 Å². The van der Waals surface area contributed by atoms with Crippen molar-refractivity contribution in [3.05, 3.63) is 29.8 Å². The van der Waals surface area contributed by atoms with Crippen molar-refractivity contribution in [2.24, 2.45) is 0 Å². The Bertz CT molecular complexity index is 575. The van der Waals surface area contributed by atoms with Crippen LogP contribution in [0.3, 0.4) is 0 Å². The van der Waals surface area contributed by atoms with Crippen molar-refractivity contribution in [1.29, 1.82) is 0 Å². The van der Waals surface area contributed by atoms with E-state index in [2.05, 4.69) is 5.32 Å². The third-order valence-corrected chi connectivity index (χ3v) is 5.60. The Labute approximate surface area is 126 Å². The Kier molecular flexibility index (Phi) is 5.36. The van der Waals surface area contributed by atoms with Gasteiger partial charge in [-0.25, -0.2) is 8.42 Å². The summed E-state index contributed by atoms with van der Waals surface area (Å²) in [6, 6.07) is 6.76. The van der Waals surface area contributed by atoms with Crippen LogP contribution in [-0.4, -0.2) is 31.7 Å². The molecule has 0 radical (unpaired) electrons. The summed E-state index contributed by atoms with van der Waals surface area (Å²) in [6.07, 6.45) is 3.41. The maximum atomic E-state index is 12.5. The zero-order valence-corrected chi connectivity index (χ0v) is 13.2. The van der Waals surface area contributed by atoms with Gasteiger partial charge in [-0.05, 0) is 30.5 Å². The molecule has 1 aliphatic heterocycles. The van der Waals surface area contributed by atoms with E-state index in [1.807, 2.05) is 0 Å². The monoisotopic (exact) mass is 310 g/mol. The molecule has 6 heteroatoms. The van der Waals surface area contributed by atoms with Crippen LogP contribution in [0.1, 0.15) is 38.2 Å². The van der Waals surface area contributed by atoms with Crippen LogP contribution in [0.15, 0.2) is 29.2 Å². The zero-order valence-electron chi connectivity index (χ0n) is 12.3. The molecule has 0 saturated carbocycles. The number of piperidine rings is 1. The van der Waals surface area contributed by atoms with Gasteiger partial charge in [0.15, 0.2) is 0 Å². The SMILES string of the molecule is CCC(=O)NCc1ccc(S(=O)(=O)N2CCCCC2)cc1. The van der Waals surface area contributed by atoms with Gasteiger partial charge in [-0.15, -0.1) is 0 Å². The highest BCUT2D eigenvalue weighted by molar-refractivity contribution is 7.89. The molecule has 0 atom stereocenters. The minimum atomic E-state index is -3.37. The van der Waals surface area contributed by atoms with Crippen molar-refractivity contribution in [2.45, 2.75) is 44.0 Å². The maximum Gasteiger partial charge on any atom is 0.243 e. The number of carbonyl (C=O) groups excluding carboxylic acids is 1. The van der Waals surface area contributed by atoms with E-state index in [4.69, 9.17) is 0 Å². The molecule has 1 amide bonds. The minimum absolute atomic E-state index is 0.0139. The molecule has 1 aliphatic rings. The fraction of sp³-hybridized carbons (Fsp3) is 0.533. The van der Waals surface area contributed by atoms with E-state index in [1.165, 1.54) is 0 Å². The molecule has 21 heavy (non-hydrogen) atoms. The summed E-state index contributed by atoms with van der Waals surface area (Å²) >= 11 is 0. The van der Waals surface area contributed by atoms with Gasteiger partial charge in [-0.1, -0.05) is 25.5 Å². The van der Waals surface area contributed by atoms with Gasteiger partial charge < -0.3 is 5.32 Å². The highest BCUT2D eigenvalue weighted by atomic mass is 32.2. The fourth-order valence-corrected chi connectivity index (χ4v) is 3.88. The Balaban J connectivity index is 2.05. The first-order valence-electron chi connectivity index (χ1n) is 7.40. The third-order valence-electron chi connectivity index (χ3n) is 3.69. The van der Waals surface area contributed by atoms with Gasteiger partial charge in [0.1, 0.15) is 0 Å². The molecule has 1 aromatic rings. The maximum absolute atomic E-state index is 12.5. The summed E-state index contributed by atoms with van der Waals surface area (Å²) in [4.78, 5) is 11.5. The van der Waals surface area contributed by atoms with Gasteiger partial charge in [0.05, 0.1) is 4.90 Å². The molecular weight excluding hydrogens is 288 g/mol. The lowest BCUT2D eigenvalue weighted by Crippen LogP contribution is -2.35. The summed E-state index contributed by atoms with van der Waals surface area (Å²) in [5, 5.41) is 2.77. The smallest absolute Gasteiger partial charge is 0.243 e. The summed E-state index contributed by atoms with van der Waals surface area (Å²) in [6.45, 7) is 3.44. The highest BCUT2D eigenvalue weighted by Crippen LogP contribution is 2.20. The first kappa shape index (κ1) is 16.0. The summed E-state index contributed by atoms with van der Waals surface area (Å²) < 4.78 is 26.5. The van der Waals surface area contributed by atoms with Gasteiger partial charge in [0, 0.05) is 26.1 Å². The molecule has 1 aromatic carbocycles. The molecule has 5 nitrogen and oxygen atoms in total. The van der Waals surface area contributed by atoms with E-state index >= 15 is 0 Å². The van der Waals surface area contributed by atoms with E-state index in [-0.39, 0.29) is 5.91 Å². The van der Waals surface area contributed by atoms with Crippen molar-refractivity contribution >= 4 is 15.9 Å². The average Bonchev–Trinajstić information content (AvgIpc) is 2.53. The summed E-state index contributed by atoms with van der Waals surface area (Å²) in [5.41, 5.74) is 0.898. The quantitative estimate of drug-likeness (QED) is 0.903. The number of sulfonamides is 1. The van der Waals surface area contributed by atoms with Crippen molar-refractivity contribution < 1.29 is 13.2 Å². The van der Waals surface area contributed by atoms with Gasteiger partial charge in [-0.2, -0.15) is 4.31 Å². The highest BCUT2D eigenvalue weighted by Gasteiger charge is 2.25. The number of hydrogen-bond donors (Lipinski definition) is 1. The zero-order chi connectivity index (χ0) is 15.3. The molecule has 0 aliphatic carbocycles. The Morgan fingerprint density at radius 3 is 2.33 bits per heavy atom. The lowest BCUT2D eigenvalue weighted by molar-refractivity contribution is -0.120. The van der Waals surface area contributed by atoms with Crippen LogP contribution in [0.25, 0.3) is 0 Å². The van der Waals surface area contributed by atoms with E-state index in [9.17, 15) is 13.2 Å². The predicted molar refractivity (Wildman–Crippen MR) is 81.2 cm³/mol. The molecule has 0 spiro atoms. The lowest BCUT2D eigenvalue weighted by atomic mass is 10.2. The number of benzene rings is 1. The molecule has 0 aromatic heterocycles. The van der Waals surface area contributed by atoms with Gasteiger partial charge >= 0.3 is 0 Å². The Hall–Kier alpha value is -1.40. The first-order chi connectivity index (χ1) is 10.0. The second-order valence-electron chi connectivity index (χ2n) is 5.24. The third kappa shape index (κ3) is 4.04. The van der Waals surface area contributed by atoms with E-state index in [0.29, 0.717) is 31.0 Å². The number of carbonyl (C=O) groups is 1. The molecular formula is C15H22N2O3S.